The van der Waals surface area contributed by atoms with E-state index in [4.69, 9.17) is 9.47 Å². The van der Waals surface area contributed by atoms with Gasteiger partial charge in [-0.05, 0) is 60.6 Å². The summed E-state index contributed by atoms with van der Waals surface area (Å²) in [4.78, 5) is 0. The van der Waals surface area contributed by atoms with E-state index in [0.29, 0.717) is 24.2 Å². The highest BCUT2D eigenvalue weighted by Crippen LogP contribution is 2.52. The number of allylic oxidation sites excluding steroid dienone is 2. The number of para-hydroxylation sites is 1. The average Bonchev–Trinajstić information content (AvgIpc) is 3.33. The number of anilines is 1. The van der Waals surface area contributed by atoms with Gasteiger partial charge in [0, 0.05) is 17.2 Å². The van der Waals surface area contributed by atoms with E-state index in [9.17, 15) is 5.11 Å². The van der Waals surface area contributed by atoms with E-state index in [1.807, 2.05) is 24.3 Å². The first-order valence-corrected chi connectivity index (χ1v) is 11.3. The largest absolute Gasteiger partial charge is 0.504 e. The zero-order valence-electron chi connectivity index (χ0n) is 18.3. The molecule has 3 aromatic carbocycles. The first kappa shape index (κ1) is 20.5. The molecule has 0 spiro atoms. The monoisotopic (exact) mass is 427 g/mol. The van der Waals surface area contributed by atoms with Crippen LogP contribution in [0.3, 0.4) is 0 Å². The molecule has 3 unspecified atom stereocenters. The molecule has 0 aromatic heterocycles. The Morgan fingerprint density at radius 1 is 1.00 bits per heavy atom. The van der Waals surface area contributed by atoms with Gasteiger partial charge in [0.2, 0.25) is 0 Å². The maximum Gasteiger partial charge on any atom is 0.163 e. The number of hydrogen-bond acceptors (Lipinski definition) is 4. The number of phenolic OH excluding ortho intramolecular Hbond substituents is 1. The van der Waals surface area contributed by atoms with Crippen molar-refractivity contribution in [3.63, 3.8) is 0 Å². The SMILES string of the molecule is COc1cccc(C2Nc3ccc(OCCCc4ccccc4)cc3C3C=CCC32)c1O. The van der Waals surface area contributed by atoms with E-state index in [2.05, 4.69) is 53.9 Å². The van der Waals surface area contributed by atoms with Crippen LogP contribution < -0.4 is 14.8 Å². The van der Waals surface area contributed by atoms with Gasteiger partial charge in [-0.3, -0.25) is 0 Å². The van der Waals surface area contributed by atoms with Crippen LogP contribution in [0.2, 0.25) is 0 Å². The number of benzene rings is 3. The van der Waals surface area contributed by atoms with Crippen LogP contribution in [-0.4, -0.2) is 18.8 Å². The van der Waals surface area contributed by atoms with Crippen molar-refractivity contribution in [3.8, 4) is 17.2 Å². The second-order valence-corrected chi connectivity index (χ2v) is 8.56. The lowest BCUT2D eigenvalue weighted by Gasteiger charge is -2.38. The lowest BCUT2D eigenvalue weighted by Crippen LogP contribution is -2.29. The van der Waals surface area contributed by atoms with E-state index in [0.717, 1.165) is 36.3 Å². The Kier molecular flexibility index (Phi) is 5.76. The number of ether oxygens (including phenoxy) is 2. The van der Waals surface area contributed by atoms with Gasteiger partial charge in [-0.25, -0.2) is 0 Å². The zero-order valence-corrected chi connectivity index (χ0v) is 18.3. The first-order chi connectivity index (χ1) is 15.7. The van der Waals surface area contributed by atoms with Crippen molar-refractivity contribution in [1.29, 1.82) is 0 Å². The Bertz CT molecular complexity index is 1110. The summed E-state index contributed by atoms with van der Waals surface area (Å²) >= 11 is 0. The highest BCUT2D eigenvalue weighted by Gasteiger charge is 2.39. The molecule has 3 aromatic rings. The van der Waals surface area contributed by atoms with Gasteiger partial charge in [-0.15, -0.1) is 0 Å². The van der Waals surface area contributed by atoms with Crippen LogP contribution in [0.15, 0.2) is 78.9 Å². The molecule has 5 rings (SSSR count). The van der Waals surface area contributed by atoms with Crippen molar-refractivity contribution >= 4 is 5.69 Å². The predicted molar refractivity (Wildman–Crippen MR) is 128 cm³/mol. The Morgan fingerprint density at radius 2 is 1.88 bits per heavy atom. The van der Waals surface area contributed by atoms with Crippen LogP contribution >= 0.6 is 0 Å². The number of aryl methyl sites for hydroxylation is 1. The molecular weight excluding hydrogens is 398 g/mol. The fraction of sp³-hybridized carbons (Fsp3) is 0.286. The minimum atomic E-state index is 0.0234. The fourth-order valence-corrected chi connectivity index (χ4v) is 5.04. The molecule has 4 nitrogen and oxygen atoms in total. The van der Waals surface area contributed by atoms with Crippen molar-refractivity contribution in [2.24, 2.45) is 5.92 Å². The quantitative estimate of drug-likeness (QED) is 0.346. The first-order valence-electron chi connectivity index (χ1n) is 11.3. The third-order valence-corrected chi connectivity index (χ3v) is 6.64. The predicted octanol–water partition coefficient (Wildman–Crippen LogP) is 6.24. The van der Waals surface area contributed by atoms with Gasteiger partial charge >= 0.3 is 0 Å². The van der Waals surface area contributed by atoms with Crippen molar-refractivity contribution in [2.75, 3.05) is 19.0 Å². The van der Waals surface area contributed by atoms with Gasteiger partial charge in [-0.1, -0.05) is 54.6 Å². The number of fused-ring (bicyclic) bond motifs is 3. The normalized spacial score (nSPS) is 20.8. The van der Waals surface area contributed by atoms with Crippen molar-refractivity contribution in [2.45, 2.75) is 31.2 Å². The summed E-state index contributed by atoms with van der Waals surface area (Å²) < 4.78 is 11.4. The van der Waals surface area contributed by atoms with E-state index in [1.165, 1.54) is 11.1 Å². The summed E-state index contributed by atoms with van der Waals surface area (Å²) in [6.45, 7) is 0.700. The Hall–Kier alpha value is -3.40. The Morgan fingerprint density at radius 3 is 2.72 bits per heavy atom. The van der Waals surface area contributed by atoms with Crippen LogP contribution in [0, 0.1) is 5.92 Å². The second kappa shape index (κ2) is 8.99. The van der Waals surface area contributed by atoms with Crippen LogP contribution in [0.4, 0.5) is 5.69 Å². The number of nitrogens with one attached hydrogen (secondary N) is 1. The highest BCUT2D eigenvalue weighted by atomic mass is 16.5. The van der Waals surface area contributed by atoms with Gasteiger partial charge in [0.25, 0.3) is 0 Å². The van der Waals surface area contributed by atoms with Gasteiger partial charge in [0.15, 0.2) is 11.5 Å². The Labute approximate surface area is 189 Å². The molecule has 0 saturated heterocycles. The van der Waals surface area contributed by atoms with Crippen LogP contribution in [0.5, 0.6) is 17.2 Å². The smallest absolute Gasteiger partial charge is 0.163 e. The van der Waals surface area contributed by atoms with Gasteiger partial charge in [0.05, 0.1) is 19.8 Å². The summed E-state index contributed by atoms with van der Waals surface area (Å²) in [5, 5.41) is 14.4. The standard InChI is InChI=1S/C28H29NO3/c1-31-26-14-6-13-23(28(26)30)27-22-12-5-11-21(22)24-18-20(15-16-25(24)29-27)32-17-7-10-19-8-3-2-4-9-19/h2-6,8-9,11,13-16,18,21-22,27,29-30H,7,10,12,17H2,1H3. The molecule has 2 aliphatic rings. The lowest BCUT2D eigenvalue weighted by molar-refractivity contribution is 0.310. The number of hydrogen-bond donors (Lipinski definition) is 2. The molecule has 1 aliphatic heterocycles. The maximum absolute atomic E-state index is 10.8. The summed E-state index contributed by atoms with van der Waals surface area (Å²) in [6.07, 6.45) is 7.53. The minimum absolute atomic E-state index is 0.0234. The molecular formula is C28H29NO3. The molecule has 0 radical (unpaired) electrons. The molecule has 1 aliphatic carbocycles. The second-order valence-electron chi connectivity index (χ2n) is 8.56. The van der Waals surface area contributed by atoms with E-state index < -0.39 is 0 Å². The summed E-state index contributed by atoms with van der Waals surface area (Å²) in [7, 11) is 1.59. The lowest BCUT2D eigenvalue weighted by atomic mass is 9.76. The van der Waals surface area contributed by atoms with E-state index in [1.54, 1.807) is 13.2 Å². The molecule has 164 valence electrons. The van der Waals surface area contributed by atoms with Crippen molar-refractivity contribution in [3.05, 3.63) is 95.6 Å². The summed E-state index contributed by atoms with van der Waals surface area (Å²) in [5.74, 6) is 2.29. The van der Waals surface area contributed by atoms with Crippen LogP contribution in [-0.2, 0) is 6.42 Å². The molecule has 3 atom stereocenters. The van der Waals surface area contributed by atoms with Crippen molar-refractivity contribution < 1.29 is 14.6 Å². The average molecular weight is 428 g/mol. The number of phenols is 1. The Balaban J connectivity index is 1.32. The van der Waals surface area contributed by atoms with Gasteiger partial charge < -0.3 is 19.9 Å². The number of rotatable bonds is 7. The maximum atomic E-state index is 10.8. The molecule has 1 heterocycles. The van der Waals surface area contributed by atoms with E-state index in [-0.39, 0.29) is 11.8 Å². The molecule has 4 heteroatoms. The van der Waals surface area contributed by atoms with E-state index >= 15 is 0 Å². The van der Waals surface area contributed by atoms with Crippen molar-refractivity contribution in [1.82, 2.24) is 0 Å². The molecule has 2 N–H and O–H groups in total. The van der Waals surface area contributed by atoms with Gasteiger partial charge in [0.1, 0.15) is 5.75 Å². The third-order valence-electron chi connectivity index (χ3n) is 6.64. The molecule has 0 bridgehead atoms. The molecule has 32 heavy (non-hydrogen) atoms. The van der Waals surface area contributed by atoms with Crippen LogP contribution in [0.25, 0.3) is 0 Å². The minimum Gasteiger partial charge on any atom is -0.504 e. The highest BCUT2D eigenvalue weighted by molar-refractivity contribution is 5.63. The van der Waals surface area contributed by atoms with Crippen LogP contribution in [0.1, 0.15) is 41.5 Å². The topological polar surface area (TPSA) is 50.7 Å². The number of methoxy groups -OCH3 is 1. The third kappa shape index (κ3) is 3.93. The summed E-state index contributed by atoms with van der Waals surface area (Å²) in [6, 6.07) is 22.6. The summed E-state index contributed by atoms with van der Waals surface area (Å²) in [5.41, 5.74) is 4.59. The fourth-order valence-electron chi connectivity index (χ4n) is 5.04. The molecule has 0 amide bonds. The zero-order chi connectivity index (χ0) is 21.9. The van der Waals surface area contributed by atoms with Gasteiger partial charge in [-0.2, -0.15) is 0 Å². The number of aromatic hydroxyl groups is 1. The molecule has 0 fully saturated rings. The molecule has 0 saturated carbocycles.